The van der Waals surface area contributed by atoms with Gasteiger partial charge in [0, 0.05) is 17.3 Å². The molecule has 0 aliphatic heterocycles. The van der Waals surface area contributed by atoms with Gasteiger partial charge in [-0.3, -0.25) is 9.59 Å². The Morgan fingerprint density at radius 1 is 0.933 bits per heavy atom. The van der Waals surface area contributed by atoms with Gasteiger partial charge in [-0.25, -0.2) is 4.39 Å². The second-order valence-corrected chi connectivity index (χ2v) is 6.53. The summed E-state index contributed by atoms with van der Waals surface area (Å²) in [6.07, 6.45) is 0. The highest BCUT2D eigenvalue weighted by atomic mass is 19.1. The third kappa shape index (κ3) is 5.57. The largest absolute Gasteiger partial charge is 0.497 e. The zero-order valence-electron chi connectivity index (χ0n) is 16.6. The third-order valence-electron chi connectivity index (χ3n) is 4.21. The second kappa shape index (κ2) is 9.56. The minimum Gasteiger partial charge on any atom is -0.497 e. The molecule has 0 aliphatic rings. The van der Waals surface area contributed by atoms with E-state index in [0.717, 1.165) is 5.56 Å². The molecular weight excluding hydrogens is 387 g/mol. The highest BCUT2D eigenvalue weighted by molar-refractivity contribution is 6.04. The number of nitrogens with one attached hydrogen (secondary N) is 2. The van der Waals surface area contributed by atoms with Crippen molar-refractivity contribution < 1.29 is 23.5 Å². The Hall–Kier alpha value is -3.87. The van der Waals surface area contributed by atoms with Crippen molar-refractivity contribution in [3.05, 3.63) is 83.7 Å². The average molecular weight is 408 g/mol. The number of rotatable bonds is 7. The number of methoxy groups -OCH3 is 1. The van der Waals surface area contributed by atoms with E-state index in [1.807, 2.05) is 6.92 Å². The first-order valence-corrected chi connectivity index (χ1v) is 9.19. The zero-order valence-corrected chi connectivity index (χ0v) is 16.6. The second-order valence-electron chi connectivity index (χ2n) is 6.53. The van der Waals surface area contributed by atoms with Crippen LogP contribution in [0.1, 0.15) is 15.9 Å². The summed E-state index contributed by atoms with van der Waals surface area (Å²) in [5.41, 5.74) is 1.89. The van der Waals surface area contributed by atoms with Crippen LogP contribution in [0.4, 0.5) is 15.8 Å². The minimum atomic E-state index is -0.504. The van der Waals surface area contributed by atoms with E-state index >= 15 is 0 Å². The van der Waals surface area contributed by atoms with Crippen LogP contribution in [0, 0.1) is 12.7 Å². The number of hydrogen-bond donors (Lipinski definition) is 2. The predicted molar refractivity (Wildman–Crippen MR) is 113 cm³/mol. The van der Waals surface area contributed by atoms with E-state index in [1.165, 1.54) is 6.07 Å². The lowest BCUT2D eigenvalue weighted by molar-refractivity contribution is -0.118. The molecule has 0 unspecified atom stereocenters. The van der Waals surface area contributed by atoms with Gasteiger partial charge in [0.15, 0.2) is 6.61 Å². The lowest BCUT2D eigenvalue weighted by Crippen LogP contribution is -2.20. The number of ether oxygens (including phenoxy) is 2. The fraction of sp³-hybridized carbons (Fsp3) is 0.130. The molecule has 0 atom stereocenters. The molecule has 154 valence electrons. The number of hydrogen-bond acceptors (Lipinski definition) is 4. The Morgan fingerprint density at radius 2 is 1.70 bits per heavy atom. The van der Waals surface area contributed by atoms with Gasteiger partial charge in [-0.1, -0.05) is 12.1 Å². The number of anilines is 2. The van der Waals surface area contributed by atoms with Crippen molar-refractivity contribution in [1.82, 2.24) is 0 Å². The van der Waals surface area contributed by atoms with E-state index in [0.29, 0.717) is 22.7 Å². The molecule has 0 bridgehead atoms. The van der Waals surface area contributed by atoms with E-state index in [2.05, 4.69) is 10.6 Å². The Kier molecular flexibility index (Phi) is 6.64. The molecular formula is C23H21FN2O4. The van der Waals surface area contributed by atoms with Crippen molar-refractivity contribution in [1.29, 1.82) is 0 Å². The van der Waals surface area contributed by atoms with Crippen molar-refractivity contribution >= 4 is 23.2 Å². The fourth-order valence-corrected chi connectivity index (χ4v) is 2.68. The lowest BCUT2D eigenvalue weighted by atomic mass is 10.1. The summed E-state index contributed by atoms with van der Waals surface area (Å²) in [6, 6.07) is 17.7. The molecule has 6 nitrogen and oxygen atoms in total. The van der Waals surface area contributed by atoms with Crippen LogP contribution in [0.2, 0.25) is 0 Å². The van der Waals surface area contributed by atoms with Crippen LogP contribution in [0.5, 0.6) is 11.5 Å². The molecule has 0 heterocycles. The van der Waals surface area contributed by atoms with Crippen LogP contribution in [-0.4, -0.2) is 25.5 Å². The number of amides is 2. The van der Waals surface area contributed by atoms with E-state index in [1.54, 1.807) is 67.8 Å². The molecule has 0 aromatic heterocycles. The maximum Gasteiger partial charge on any atom is 0.262 e. The van der Waals surface area contributed by atoms with Crippen LogP contribution in [0.3, 0.4) is 0 Å². The molecule has 0 radical (unpaired) electrons. The van der Waals surface area contributed by atoms with Crippen molar-refractivity contribution in [2.75, 3.05) is 24.4 Å². The molecule has 3 aromatic carbocycles. The molecule has 0 fully saturated rings. The standard InChI is InChI=1S/C23H21FN2O4/c1-15-6-11-20(24)21(12-15)26-23(28)16-7-9-18(10-8-16)30-14-22(27)25-17-4-3-5-19(13-17)29-2/h3-13H,14H2,1-2H3,(H,25,27)(H,26,28). The Labute approximate surface area is 173 Å². The molecule has 0 saturated heterocycles. The number of carbonyl (C=O) groups excluding carboxylic acids is 2. The zero-order chi connectivity index (χ0) is 21.5. The van der Waals surface area contributed by atoms with Gasteiger partial charge in [0.2, 0.25) is 0 Å². The van der Waals surface area contributed by atoms with Gasteiger partial charge < -0.3 is 20.1 Å². The lowest BCUT2D eigenvalue weighted by Gasteiger charge is -2.10. The van der Waals surface area contributed by atoms with Gasteiger partial charge in [-0.15, -0.1) is 0 Å². The van der Waals surface area contributed by atoms with E-state index in [-0.39, 0.29) is 18.2 Å². The molecule has 7 heteroatoms. The van der Waals surface area contributed by atoms with Crippen LogP contribution >= 0.6 is 0 Å². The molecule has 0 spiro atoms. The molecule has 3 rings (SSSR count). The number of carbonyl (C=O) groups is 2. The Balaban J connectivity index is 1.54. The first kappa shape index (κ1) is 20.9. The highest BCUT2D eigenvalue weighted by Crippen LogP contribution is 2.19. The molecule has 2 amide bonds. The molecule has 0 aliphatic carbocycles. The number of benzene rings is 3. The Bertz CT molecular complexity index is 1050. The van der Waals surface area contributed by atoms with Crippen molar-refractivity contribution in [2.24, 2.45) is 0 Å². The summed E-state index contributed by atoms with van der Waals surface area (Å²) in [5, 5.41) is 5.25. The van der Waals surface area contributed by atoms with Crippen LogP contribution in [0.15, 0.2) is 66.7 Å². The van der Waals surface area contributed by atoms with Gasteiger partial charge in [-0.2, -0.15) is 0 Å². The molecule has 2 N–H and O–H groups in total. The van der Waals surface area contributed by atoms with Gasteiger partial charge >= 0.3 is 0 Å². The monoisotopic (exact) mass is 408 g/mol. The summed E-state index contributed by atoms with van der Waals surface area (Å²) in [6.45, 7) is 1.61. The van der Waals surface area contributed by atoms with E-state index in [9.17, 15) is 14.0 Å². The van der Waals surface area contributed by atoms with Crippen molar-refractivity contribution in [3.8, 4) is 11.5 Å². The van der Waals surface area contributed by atoms with E-state index < -0.39 is 11.7 Å². The Morgan fingerprint density at radius 3 is 2.43 bits per heavy atom. The van der Waals surface area contributed by atoms with Gasteiger partial charge in [0.25, 0.3) is 11.8 Å². The first-order valence-electron chi connectivity index (χ1n) is 9.19. The quantitative estimate of drug-likeness (QED) is 0.607. The van der Waals surface area contributed by atoms with Gasteiger partial charge in [0.05, 0.1) is 12.8 Å². The summed E-state index contributed by atoms with van der Waals surface area (Å²) < 4.78 is 24.4. The highest BCUT2D eigenvalue weighted by Gasteiger charge is 2.10. The first-order chi connectivity index (χ1) is 14.4. The number of aryl methyl sites for hydroxylation is 1. The third-order valence-corrected chi connectivity index (χ3v) is 4.21. The van der Waals surface area contributed by atoms with Crippen molar-refractivity contribution in [3.63, 3.8) is 0 Å². The van der Waals surface area contributed by atoms with Gasteiger partial charge in [-0.05, 0) is 61.0 Å². The van der Waals surface area contributed by atoms with Crippen molar-refractivity contribution in [2.45, 2.75) is 6.92 Å². The topological polar surface area (TPSA) is 76.7 Å². The SMILES string of the molecule is COc1cccc(NC(=O)COc2ccc(C(=O)Nc3cc(C)ccc3F)cc2)c1. The molecule has 30 heavy (non-hydrogen) atoms. The fourth-order valence-electron chi connectivity index (χ4n) is 2.68. The normalized spacial score (nSPS) is 10.2. The molecule has 3 aromatic rings. The predicted octanol–water partition coefficient (Wildman–Crippen LogP) is 4.41. The smallest absolute Gasteiger partial charge is 0.262 e. The maximum absolute atomic E-state index is 13.8. The maximum atomic E-state index is 13.8. The van der Waals surface area contributed by atoms with Crippen LogP contribution in [-0.2, 0) is 4.79 Å². The minimum absolute atomic E-state index is 0.120. The van der Waals surface area contributed by atoms with Crippen LogP contribution in [0.25, 0.3) is 0 Å². The molecule has 0 saturated carbocycles. The summed E-state index contributed by atoms with van der Waals surface area (Å²) in [5.74, 6) is -0.222. The van der Waals surface area contributed by atoms with E-state index in [4.69, 9.17) is 9.47 Å². The summed E-state index contributed by atoms with van der Waals surface area (Å²) >= 11 is 0. The average Bonchev–Trinajstić information content (AvgIpc) is 2.75. The number of halogens is 1. The summed E-state index contributed by atoms with van der Waals surface area (Å²) in [4.78, 5) is 24.4. The summed E-state index contributed by atoms with van der Waals surface area (Å²) in [7, 11) is 1.55. The van der Waals surface area contributed by atoms with Gasteiger partial charge in [0.1, 0.15) is 17.3 Å². The van der Waals surface area contributed by atoms with Crippen LogP contribution < -0.4 is 20.1 Å².